The van der Waals surface area contributed by atoms with Crippen LogP contribution in [0.2, 0.25) is 0 Å². The van der Waals surface area contributed by atoms with Gasteiger partial charge in [0.15, 0.2) is 5.69 Å². The highest BCUT2D eigenvalue weighted by molar-refractivity contribution is 5.93. The Kier molecular flexibility index (Phi) is 5.26. The minimum absolute atomic E-state index is 0.0592. The molecule has 162 valence electrons. The van der Waals surface area contributed by atoms with Crippen molar-refractivity contribution < 1.29 is 4.79 Å². The van der Waals surface area contributed by atoms with Crippen LogP contribution in [-0.2, 0) is 6.54 Å². The molecule has 7 nitrogen and oxygen atoms in total. The average Bonchev–Trinajstić information content (AvgIpc) is 3.40. The van der Waals surface area contributed by atoms with Crippen LogP contribution < -0.4 is 10.6 Å². The largest absolute Gasteiger partial charge is 0.368 e. The molecule has 0 spiro atoms. The molecular weight excluding hydrogens is 388 g/mol. The molecule has 3 aromatic rings. The first-order valence-electron chi connectivity index (χ1n) is 11.4. The summed E-state index contributed by atoms with van der Waals surface area (Å²) in [6.07, 6.45) is 11.2. The summed E-state index contributed by atoms with van der Waals surface area (Å²) in [6.45, 7) is 5.18. The van der Waals surface area contributed by atoms with E-state index in [1.165, 1.54) is 0 Å². The smallest absolute Gasteiger partial charge is 0.272 e. The number of nitrogens with zero attached hydrogens (tertiary/aromatic N) is 4. The van der Waals surface area contributed by atoms with Gasteiger partial charge in [-0.25, -0.2) is 4.98 Å². The van der Waals surface area contributed by atoms with Gasteiger partial charge >= 0.3 is 0 Å². The molecule has 1 amide bonds. The van der Waals surface area contributed by atoms with Crippen molar-refractivity contribution >= 4 is 23.4 Å². The summed E-state index contributed by atoms with van der Waals surface area (Å²) in [5, 5.41) is 11.4. The van der Waals surface area contributed by atoms with Crippen LogP contribution in [0.5, 0.6) is 0 Å². The number of aromatic nitrogens is 4. The third-order valence-electron chi connectivity index (χ3n) is 6.36. The molecule has 1 fully saturated rings. The number of hydrogen-bond acceptors (Lipinski definition) is 4. The molecular formula is C24H30N6O. The standard InChI is InChI=1S/C24H30N6O/c1-16(2)21-15-29-22(7-5-8-23(29)27-21)25-17-9-11-18(12-10-17)26-24(31)20-14-19-6-3-4-13-30(19)28-20/h3,5-8,14-18,25H,4,9-13H2,1-2H3,(H,26,31). The first-order valence-corrected chi connectivity index (χ1v) is 11.4. The molecule has 1 saturated carbocycles. The van der Waals surface area contributed by atoms with Crippen LogP contribution in [0.1, 0.15) is 73.7 Å². The number of rotatable bonds is 5. The number of hydrogen-bond donors (Lipinski definition) is 2. The van der Waals surface area contributed by atoms with Crippen LogP contribution in [0, 0.1) is 0 Å². The first kappa shape index (κ1) is 19.8. The normalized spacial score (nSPS) is 20.7. The van der Waals surface area contributed by atoms with Crippen LogP contribution in [0.15, 0.2) is 36.5 Å². The number of pyridine rings is 1. The summed E-state index contributed by atoms with van der Waals surface area (Å²) in [7, 11) is 0. The van der Waals surface area contributed by atoms with E-state index in [-0.39, 0.29) is 11.9 Å². The molecule has 0 saturated heterocycles. The van der Waals surface area contributed by atoms with Crippen molar-refractivity contribution in [3.05, 3.63) is 53.6 Å². The van der Waals surface area contributed by atoms with E-state index in [2.05, 4.69) is 58.4 Å². The van der Waals surface area contributed by atoms with Crippen LogP contribution in [-0.4, -0.2) is 37.2 Å². The lowest BCUT2D eigenvalue weighted by Crippen LogP contribution is -2.40. The number of anilines is 1. The zero-order valence-corrected chi connectivity index (χ0v) is 18.2. The van der Waals surface area contributed by atoms with Gasteiger partial charge in [0.05, 0.1) is 11.4 Å². The summed E-state index contributed by atoms with van der Waals surface area (Å²) in [4.78, 5) is 17.4. The van der Waals surface area contributed by atoms with Crippen molar-refractivity contribution in [2.45, 2.75) is 70.5 Å². The summed E-state index contributed by atoms with van der Waals surface area (Å²) < 4.78 is 4.06. The third kappa shape index (κ3) is 4.09. The van der Waals surface area contributed by atoms with E-state index >= 15 is 0 Å². The molecule has 0 unspecified atom stereocenters. The number of carbonyl (C=O) groups excluding carboxylic acids is 1. The predicted molar refractivity (Wildman–Crippen MR) is 122 cm³/mol. The number of imidazole rings is 1. The summed E-state index contributed by atoms with van der Waals surface area (Å²) in [5.74, 6) is 1.43. The Labute approximate surface area is 182 Å². The van der Waals surface area contributed by atoms with Crippen molar-refractivity contribution in [1.29, 1.82) is 0 Å². The minimum Gasteiger partial charge on any atom is -0.368 e. The third-order valence-corrected chi connectivity index (χ3v) is 6.36. The van der Waals surface area contributed by atoms with E-state index in [1.807, 2.05) is 22.9 Å². The highest BCUT2D eigenvalue weighted by Gasteiger charge is 2.24. The molecule has 4 heterocycles. The van der Waals surface area contributed by atoms with Crippen LogP contribution in [0.3, 0.4) is 0 Å². The molecule has 31 heavy (non-hydrogen) atoms. The maximum Gasteiger partial charge on any atom is 0.272 e. The molecule has 0 aromatic carbocycles. The Morgan fingerprint density at radius 1 is 1.16 bits per heavy atom. The SMILES string of the molecule is CC(C)c1cn2c(NC3CCC(NC(=O)c4cc5n(n4)CCC=C5)CC3)cccc2n1. The zero-order chi connectivity index (χ0) is 21.4. The predicted octanol–water partition coefficient (Wildman–Crippen LogP) is 4.22. The molecule has 3 aromatic heterocycles. The monoisotopic (exact) mass is 418 g/mol. The highest BCUT2D eigenvalue weighted by atomic mass is 16.2. The van der Waals surface area contributed by atoms with Gasteiger partial charge in [-0.1, -0.05) is 26.0 Å². The van der Waals surface area contributed by atoms with Crippen molar-refractivity contribution in [2.24, 2.45) is 0 Å². The van der Waals surface area contributed by atoms with Crippen molar-refractivity contribution in [1.82, 2.24) is 24.5 Å². The lowest BCUT2D eigenvalue weighted by Gasteiger charge is -2.30. The number of allylic oxidation sites excluding steroid dienone is 1. The van der Waals surface area contributed by atoms with Crippen LogP contribution in [0.4, 0.5) is 5.82 Å². The van der Waals surface area contributed by atoms with E-state index in [0.29, 0.717) is 17.7 Å². The van der Waals surface area contributed by atoms with Gasteiger partial charge in [-0.05, 0) is 62.3 Å². The number of carbonyl (C=O) groups is 1. The Bertz CT molecular complexity index is 1120. The first-order chi connectivity index (χ1) is 15.1. The van der Waals surface area contributed by atoms with E-state index in [9.17, 15) is 4.79 Å². The number of nitrogens with one attached hydrogen (secondary N) is 2. The van der Waals surface area contributed by atoms with Gasteiger partial charge in [0.25, 0.3) is 5.91 Å². The second-order valence-corrected chi connectivity index (χ2v) is 8.99. The Morgan fingerprint density at radius 2 is 1.97 bits per heavy atom. The quantitative estimate of drug-likeness (QED) is 0.650. The lowest BCUT2D eigenvalue weighted by molar-refractivity contribution is 0.0920. The van der Waals surface area contributed by atoms with Crippen LogP contribution >= 0.6 is 0 Å². The Balaban J connectivity index is 1.18. The summed E-state index contributed by atoms with van der Waals surface area (Å²) >= 11 is 0. The van der Waals surface area contributed by atoms with Crippen molar-refractivity contribution in [3.8, 4) is 0 Å². The lowest BCUT2D eigenvalue weighted by atomic mass is 9.91. The second-order valence-electron chi connectivity index (χ2n) is 8.99. The fourth-order valence-electron chi connectivity index (χ4n) is 4.53. The number of amides is 1. The van der Waals surface area contributed by atoms with Gasteiger partial charge in [-0.2, -0.15) is 5.10 Å². The summed E-state index contributed by atoms with van der Waals surface area (Å²) in [6, 6.07) is 8.70. The second kappa shape index (κ2) is 8.21. The molecule has 0 atom stereocenters. The zero-order valence-electron chi connectivity index (χ0n) is 18.2. The van der Waals surface area contributed by atoms with E-state index in [4.69, 9.17) is 4.98 Å². The Morgan fingerprint density at radius 3 is 2.74 bits per heavy atom. The average molecular weight is 419 g/mol. The molecule has 1 aliphatic heterocycles. The molecule has 0 bridgehead atoms. The molecule has 1 aliphatic carbocycles. The topological polar surface area (TPSA) is 76.2 Å². The van der Waals surface area contributed by atoms with Gasteiger partial charge in [-0.15, -0.1) is 0 Å². The van der Waals surface area contributed by atoms with E-state index in [0.717, 1.165) is 61.5 Å². The molecule has 7 heteroatoms. The highest BCUT2D eigenvalue weighted by Crippen LogP contribution is 2.25. The maximum atomic E-state index is 12.7. The Hall–Kier alpha value is -3.09. The summed E-state index contributed by atoms with van der Waals surface area (Å²) in [5.41, 5.74) is 3.62. The number of fused-ring (bicyclic) bond motifs is 2. The number of aryl methyl sites for hydroxylation is 1. The fourth-order valence-corrected chi connectivity index (χ4v) is 4.53. The molecule has 2 N–H and O–H groups in total. The van der Waals surface area contributed by atoms with Gasteiger partial charge in [0, 0.05) is 24.8 Å². The van der Waals surface area contributed by atoms with Gasteiger partial charge in [0.1, 0.15) is 11.5 Å². The van der Waals surface area contributed by atoms with Gasteiger partial charge in [-0.3, -0.25) is 13.9 Å². The molecule has 5 rings (SSSR count). The maximum absolute atomic E-state index is 12.7. The van der Waals surface area contributed by atoms with E-state index in [1.54, 1.807) is 0 Å². The van der Waals surface area contributed by atoms with Gasteiger partial charge in [0.2, 0.25) is 0 Å². The molecule has 2 aliphatic rings. The van der Waals surface area contributed by atoms with E-state index < -0.39 is 0 Å². The van der Waals surface area contributed by atoms with Crippen molar-refractivity contribution in [2.75, 3.05) is 5.32 Å². The molecule has 0 radical (unpaired) electrons. The van der Waals surface area contributed by atoms with Crippen molar-refractivity contribution in [3.63, 3.8) is 0 Å². The minimum atomic E-state index is -0.0592. The fraction of sp³-hybridized carbons (Fsp3) is 0.458. The van der Waals surface area contributed by atoms with Gasteiger partial charge < -0.3 is 10.6 Å². The van der Waals surface area contributed by atoms with Crippen LogP contribution in [0.25, 0.3) is 11.7 Å².